The highest BCUT2D eigenvalue weighted by atomic mass is 16.3. The van der Waals surface area contributed by atoms with Gasteiger partial charge in [-0.15, -0.1) is 0 Å². The number of aliphatic hydroxyl groups is 1. The zero-order valence-corrected chi connectivity index (χ0v) is 9.47. The Hall–Kier alpha value is -1.29. The van der Waals surface area contributed by atoms with Crippen molar-refractivity contribution in [2.45, 2.75) is 31.7 Å². The Morgan fingerprint density at radius 1 is 1.50 bits per heavy atom. The number of rotatable bonds is 3. The Balaban J connectivity index is 2.16. The van der Waals surface area contributed by atoms with Crippen molar-refractivity contribution in [3.63, 3.8) is 0 Å². The maximum atomic E-state index is 9.07. The lowest BCUT2D eigenvalue weighted by atomic mass is 9.99. The Morgan fingerprint density at radius 3 is 3.12 bits per heavy atom. The molecule has 1 aliphatic rings. The van der Waals surface area contributed by atoms with Gasteiger partial charge in [-0.05, 0) is 31.7 Å². The van der Waals surface area contributed by atoms with Crippen LogP contribution in [-0.4, -0.2) is 29.3 Å². The maximum absolute atomic E-state index is 9.07. The van der Waals surface area contributed by atoms with E-state index in [9.17, 15) is 0 Å². The summed E-state index contributed by atoms with van der Waals surface area (Å²) in [7, 11) is 0. The van der Waals surface area contributed by atoms with Crippen LogP contribution >= 0.6 is 0 Å². The summed E-state index contributed by atoms with van der Waals surface area (Å²) in [5.41, 5.74) is 6.83. The van der Waals surface area contributed by atoms with Gasteiger partial charge in [-0.2, -0.15) is 0 Å². The van der Waals surface area contributed by atoms with Gasteiger partial charge in [-0.1, -0.05) is 0 Å². The Bertz CT molecular complexity index is 341. The molecule has 0 amide bonds. The number of hydrogen-bond acceptors (Lipinski definition) is 4. The van der Waals surface area contributed by atoms with E-state index in [1.54, 1.807) is 6.20 Å². The van der Waals surface area contributed by atoms with E-state index in [2.05, 4.69) is 9.88 Å². The summed E-state index contributed by atoms with van der Waals surface area (Å²) in [4.78, 5) is 6.35. The predicted octanol–water partition coefficient (Wildman–Crippen LogP) is 1.41. The molecule has 1 aliphatic heterocycles. The van der Waals surface area contributed by atoms with Gasteiger partial charge in [0.2, 0.25) is 0 Å². The second-order valence-corrected chi connectivity index (χ2v) is 4.29. The fraction of sp³-hybridized carbons (Fsp3) is 0.583. The number of aromatic nitrogens is 1. The molecule has 0 aromatic carbocycles. The number of anilines is 2. The fourth-order valence-corrected chi connectivity index (χ4v) is 2.40. The van der Waals surface area contributed by atoms with Crippen molar-refractivity contribution in [2.24, 2.45) is 0 Å². The highest BCUT2D eigenvalue weighted by Crippen LogP contribution is 2.26. The molecule has 0 spiro atoms. The molecule has 1 unspecified atom stereocenters. The van der Waals surface area contributed by atoms with E-state index in [0.29, 0.717) is 11.9 Å². The van der Waals surface area contributed by atoms with E-state index >= 15 is 0 Å². The van der Waals surface area contributed by atoms with Crippen molar-refractivity contribution < 1.29 is 5.11 Å². The van der Waals surface area contributed by atoms with Crippen LogP contribution in [0.1, 0.15) is 25.7 Å². The van der Waals surface area contributed by atoms with Crippen LogP contribution in [0.15, 0.2) is 18.3 Å². The van der Waals surface area contributed by atoms with Gasteiger partial charge in [0.15, 0.2) is 0 Å². The van der Waals surface area contributed by atoms with Gasteiger partial charge < -0.3 is 15.7 Å². The van der Waals surface area contributed by atoms with E-state index < -0.39 is 0 Å². The molecule has 88 valence electrons. The first-order valence-corrected chi connectivity index (χ1v) is 5.90. The molecule has 16 heavy (non-hydrogen) atoms. The Kier molecular flexibility index (Phi) is 3.62. The van der Waals surface area contributed by atoms with E-state index in [4.69, 9.17) is 10.8 Å². The standard InChI is InChI=1S/C12H19N3O/c13-12-9-11(4-6-14-12)15-7-2-1-3-10(15)5-8-16/h4,6,9-10,16H,1-3,5,7-8H2,(H2,13,14). The molecule has 2 rings (SSSR count). The maximum Gasteiger partial charge on any atom is 0.125 e. The van der Waals surface area contributed by atoms with Gasteiger partial charge in [-0.3, -0.25) is 0 Å². The minimum absolute atomic E-state index is 0.252. The van der Waals surface area contributed by atoms with Crippen molar-refractivity contribution in [3.8, 4) is 0 Å². The topological polar surface area (TPSA) is 62.4 Å². The first-order valence-electron chi connectivity index (χ1n) is 5.90. The summed E-state index contributed by atoms with van der Waals surface area (Å²) < 4.78 is 0. The predicted molar refractivity (Wildman–Crippen MR) is 65.3 cm³/mol. The molecule has 1 saturated heterocycles. The summed E-state index contributed by atoms with van der Waals surface area (Å²) >= 11 is 0. The van der Waals surface area contributed by atoms with Crippen LogP contribution in [0.3, 0.4) is 0 Å². The number of nitrogens with zero attached hydrogens (tertiary/aromatic N) is 2. The van der Waals surface area contributed by atoms with Crippen LogP contribution in [0.2, 0.25) is 0 Å². The van der Waals surface area contributed by atoms with Crippen molar-refractivity contribution in [2.75, 3.05) is 23.8 Å². The summed E-state index contributed by atoms with van der Waals surface area (Å²) in [6, 6.07) is 4.35. The van der Waals surface area contributed by atoms with E-state index in [1.807, 2.05) is 12.1 Å². The van der Waals surface area contributed by atoms with Gasteiger partial charge in [0.1, 0.15) is 5.82 Å². The molecule has 0 aliphatic carbocycles. The van der Waals surface area contributed by atoms with Crippen LogP contribution < -0.4 is 10.6 Å². The Labute approximate surface area is 96.1 Å². The molecule has 4 nitrogen and oxygen atoms in total. The molecule has 2 heterocycles. The van der Waals surface area contributed by atoms with Gasteiger partial charge >= 0.3 is 0 Å². The summed E-state index contributed by atoms with van der Waals surface area (Å²) in [6.07, 6.45) is 6.20. The van der Waals surface area contributed by atoms with Gasteiger partial charge in [0.25, 0.3) is 0 Å². The minimum Gasteiger partial charge on any atom is -0.396 e. The quantitative estimate of drug-likeness (QED) is 0.810. The number of hydrogen-bond donors (Lipinski definition) is 2. The molecule has 1 fully saturated rings. The Morgan fingerprint density at radius 2 is 2.38 bits per heavy atom. The SMILES string of the molecule is Nc1cc(N2CCCCC2CCO)ccn1. The molecule has 4 heteroatoms. The largest absolute Gasteiger partial charge is 0.396 e. The fourth-order valence-electron chi connectivity index (χ4n) is 2.40. The van der Waals surface area contributed by atoms with Crippen molar-refractivity contribution in [1.82, 2.24) is 4.98 Å². The number of nitrogens with two attached hydrogens (primary N) is 1. The highest BCUT2D eigenvalue weighted by molar-refractivity contribution is 5.53. The molecular formula is C12H19N3O. The number of pyridine rings is 1. The van der Waals surface area contributed by atoms with Crippen LogP contribution in [0, 0.1) is 0 Å². The molecular weight excluding hydrogens is 202 g/mol. The molecule has 3 N–H and O–H groups in total. The van der Waals surface area contributed by atoms with Crippen LogP contribution in [0.4, 0.5) is 11.5 Å². The average molecular weight is 221 g/mol. The summed E-state index contributed by atoms with van der Waals surface area (Å²) in [6.45, 7) is 1.30. The molecule has 0 radical (unpaired) electrons. The van der Waals surface area contributed by atoms with Crippen molar-refractivity contribution >= 4 is 11.5 Å². The molecule has 1 atom stereocenters. The van der Waals surface area contributed by atoms with Crippen LogP contribution in [0.25, 0.3) is 0 Å². The molecule has 1 aromatic rings. The second kappa shape index (κ2) is 5.16. The van der Waals surface area contributed by atoms with Gasteiger partial charge in [0, 0.05) is 37.1 Å². The number of nitrogen functional groups attached to an aromatic ring is 1. The van der Waals surface area contributed by atoms with Crippen LogP contribution in [-0.2, 0) is 0 Å². The molecule has 1 aromatic heterocycles. The minimum atomic E-state index is 0.252. The number of piperidine rings is 1. The summed E-state index contributed by atoms with van der Waals surface area (Å²) in [5.74, 6) is 0.561. The first kappa shape index (κ1) is 11.2. The average Bonchev–Trinajstić information content (AvgIpc) is 2.30. The van der Waals surface area contributed by atoms with Gasteiger partial charge in [-0.25, -0.2) is 4.98 Å². The first-order chi connectivity index (χ1) is 7.81. The summed E-state index contributed by atoms with van der Waals surface area (Å²) in [5, 5.41) is 9.07. The third-order valence-electron chi connectivity index (χ3n) is 3.19. The number of aliphatic hydroxyl groups excluding tert-OH is 1. The van der Waals surface area contributed by atoms with E-state index in [0.717, 1.165) is 25.1 Å². The van der Waals surface area contributed by atoms with Gasteiger partial charge in [0.05, 0.1) is 0 Å². The smallest absolute Gasteiger partial charge is 0.125 e. The molecule has 0 bridgehead atoms. The monoisotopic (exact) mass is 221 g/mol. The van der Waals surface area contributed by atoms with Crippen LogP contribution in [0.5, 0.6) is 0 Å². The van der Waals surface area contributed by atoms with Crippen molar-refractivity contribution in [1.29, 1.82) is 0 Å². The zero-order chi connectivity index (χ0) is 11.4. The zero-order valence-electron chi connectivity index (χ0n) is 9.47. The third kappa shape index (κ3) is 2.44. The van der Waals surface area contributed by atoms with E-state index in [1.165, 1.54) is 12.8 Å². The second-order valence-electron chi connectivity index (χ2n) is 4.29. The van der Waals surface area contributed by atoms with Crippen molar-refractivity contribution in [3.05, 3.63) is 18.3 Å². The van der Waals surface area contributed by atoms with E-state index in [-0.39, 0.29) is 6.61 Å². The highest BCUT2D eigenvalue weighted by Gasteiger charge is 2.22. The molecule has 0 saturated carbocycles. The normalized spacial score (nSPS) is 21.1. The lowest BCUT2D eigenvalue weighted by Crippen LogP contribution is -2.40. The lowest BCUT2D eigenvalue weighted by molar-refractivity contribution is 0.262. The lowest BCUT2D eigenvalue weighted by Gasteiger charge is -2.37. The third-order valence-corrected chi connectivity index (χ3v) is 3.19.